The number of nitrogens with two attached hydrogens (primary N) is 1. The summed E-state index contributed by atoms with van der Waals surface area (Å²) in [6.45, 7) is 6.81. The van der Waals surface area contributed by atoms with Crippen LogP contribution in [0.25, 0.3) is 0 Å². The maximum atomic E-state index is 2.30. The van der Waals surface area contributed by atoms with E-state index in [0.717, 1.165) is 12.0 Å². The van der Waals surface area contributed by atoms with Gasteiger partial charge >= 0.3 is 0 Å². The third kappa shape index (κ3) is 2.31. The van der Waals surface area contributed by atoms with Crippen LogP contribution < -0.4 is 5.32 Å². The Hall–Kier alpha value is -0.0400. The highest BCUT2D eigenvalue weighted by molar-refractivity contribution is 4.53. The van der Waals surface area contributed by atoms with Crippen molar-refractivity contribution in [1.29, 1.82) is 0 Å². The van der Waals surface area contributed by atoms with Crippen molar-refractivity contribution >= 4 is 0 Å². The highest BCUT2D eigenvalue weighted by Gasteiger charge is 2.08. The molecule has 8 heavy (non-hydrogen) atoms. The Morgan fingerprint density at radius 3 is 2.00 bits per heavy atom. The SMILES string of the molecule is CCC(C)C(C)[NH2+]C. The molecule has 0 radical (unpaired) electrons. The zero-order chi connectivity index (χ0) is 6.57. The molecule has 0 heterocycles. The van der Waals surface area contributed by atoms with Gasteiger partial charge in [0, 0.05) is 5.92 Å². The van der Waals surface area contributed by atoms with Crippen LogP contribution in [0.1, 0.15) is 27.2 Å². The van der Waals surface area contributed by atoms with Crippen molar-refractivity contribution in [3.05, 3.63) is 0 Å². The van der Waals surface area contributed by atoms with Crippen molar-refractivity contribution in [2.24, 2.45) is 5.92 Å². The highest BCUT2D eigenvalue weighted by Crippen LogP contribution is 2.01. The molecule has 50 valence electrons. The van der Waals surface area contributed by atoms with E-state index in [0.29, 0.717) is 0 Å². The molecule has 0 rings (SSSR count). The van der Waals surface area contributed by atoms with Gasteiger partial charge in [-0.15, -0.1) is 0 Å². The van der Waals surface area contributed by atoms with Crippen LogP contribution in [-0.2, 0) is 0 Å². The van der Waals surface area contributed by atoms with Crippen LogP contribution in [0.2, 0.25) is 0 Å². The van der Waals surface area contributed by atoms with Gasteiger partial charge in [-0.1, -0.05) is 13.8 Å². The zero-order valence-corrected chi connectivity index (χ0v) is 6.44. The minimum Gasteiger partial charge on any atom is -0.346 e. The summed E-state index contributed by atoms with van der Waals surface area (Å²) in [5.41, 5.74) is 0. The van der Waals surface area contributed by atoms with Crippen molar-refractivity contribution in [2.75, 3.05) is 7.05 Å². The van der Waals surface area contributed by atoms with Crippen LogP contribution in [0, 0.1) is 5.92 Å². The Balaban J connectivity index is 3.29. The summed E-state index contributed by atoms with van der Waals surface area (Å²) in [5.74, 6) is 0.861. The lowest BCUT2D eigenvalue weighted by Gasteiger charge is -2.12. The Bertz CT molecular complexity index is 44.3. The van der Waals surface area contributed by atoms with E-state index >= 15 is 0 Å². The zero-order valence-electron chi connectivity index (χ0n) is 6.44. The standard InChI is InChI=1S/C7H17N/c1-5-6(2)7(3)8-4/h6-8H,5H2,1-4H3/p+1. The highest BCUT2D eigenvalue weighted by atomic mass is 14.9. The van der Waals surface area contributed by atoms with E-state index in [1.54, 1.807) is 0 Å². The Kier molecular flexibility index (Phi) is 3.88. The van der Waals surface area contributed by atoms with Crippen molar-refractivity contribution in [2.45, 2.75) is 33.2 Å². The predicted octanol–water partition coefficient (Wildman–Crippen LogP) is 0.614. The van der Waals surface area contributed by atoms with Crippen molar-refractivity contribution < 1.29 is 5.32 Å². The molecule has 0 fully saturated rings. The monoisotopic (exact) mass is 116 g/mol. The van der Waals surface area contributed by atoms with E-state index in [4.69, 9.17) is 0 Å². The van der Waals surface area contributed by atoms with Gasteiger partial charge in [0.2, 0.25) is 0 Å². The number of quaternary nitrogens is 1. The van der Waals surface area contributed by atoms with E-state index in [1.165, 1.54) is 6.42 Å². The maximum Gasteiger partial charge on any atom is 0.0854 e. The van der Waals surface area contributed by atoms with Gasteiger partial charge in [-0.3, -0.25) is 0 Å². The topological polar surface area (TPSA) is 16.6 Å². The molecule has 1 heteroatoms. The summed E-state index contributed by atoms with van der Waals surface area (Å²) in [6.07, 6.45) is 1.30. The van der Waals surface area contributed by atoms with Crippen LogP contribution in [-0.4, -0.2) is 13.1 Å². The molecule has 0 aromatic rings. The fraction of sp³-hybridized carbons (Fsp3) is 1.00. The first-order chi connectivity index (χ1) is 3.72. The van der Waals surface area contributed by atoms with Gasteiger partial charge in [0.15, 0.2) is 0 Å². The number of rotatable bonds is 3. The molecule has 1 nitrogen and oxygen atoms in total. The fourth-order valence-corrected chi connectivity index (χ4v) is 0.700. The minimum absolute atomic E-state index is 0.792. The van der Waals surface area contributed by atoms with Gasteiger partial charge in [0.25, 0.3) is 0 Å². The van der Waals surface area contributed by atoms with Crippen molar-refractivity contribution in [1.82, 2.24) is 0 Å². The summed E-state index contributed by atoms with van der Waals surface area (Å²) in [7, 11) is 2.14. The second kappa shape index (κ2) is 3.90. The first-order valence-electron chi connectivity index (χ1n) is 3.51. The molecule has 0 aliphatic heterocycles. The second-order valence-corrected chi connectivity index (χ2v) is 2.58. The van der Waals surface area contributed by atoms with Crippen LogP contribution in [0.4, 0.5) is 0 Å². The third-order valence-electron chi connectivity index (χ3n) is 2.07. The number of hydrogen-bond acceptors (Lipinski definition) is 0. The lowest BCUT2D eigenvalue weighted by molar-refractivity contribution is -0.666. The molecular formula is C7H18N+. The predicted molar refractivity (Wildman–Crippen MR) is 36.8 cm³/mol. The molecule has 0 aliphatic rings. The molecule has 2 unspecified atom stereocenters. The summed E-state index contributed by atoms with van der Waals surface area (Å²) in [4.78, 5) is 0. The molecule has 0 aromatic heterocycles. The minimum atomic E-state index is 0.792. The van der Waals surface area contributed by atoms with E-state index in [-0.39, 0.29) is 0 Å². The Morgan fingerprint density at radius 1 is 1.38 bits per heavy atom. The fourth-order valence-electron chi connectivity index (χ4n) is 0.700. The first-order valence-corrected chi connectivity index (χ1v) is 3.51. The summed E-state index contributed by atoms with van der Waals surface area (Å²) >= 11 is 0. The molecule has 0 bridgehead atoms. The van der Waals surface area contributed by atoms with Gasteiger partial charge in [-0.05, 0) is 13.3 Å². The quantitative estimate of drug-likeness (QED) is 0.556. The first kappa shape index (κ1) is 7.96. The molecule has 0 spiro atoms. The molecule has 0 aromatic carbocycles. The van der Waals surface area contributed by atoms with Crippen molar-refractivity contribution in [3.8, 4) is 0 Å². The normalized spacial score (nSPS) is 18.0. The van der Waals surface area contributed by atoms with E-state index in [2.05, 4.69) is 33.1 Å². The largest absolute Gasteiger partial charge is 0.346 e. The second-order valence-electron chi connectivity index (χ2n) is 2.58. The Morgan fingerprint density at radius 2 is 1.88 bits per heavy atom. The summed E-state index contributed by atoms with van der Waals surface area (Å²) in [6, 6.07) is 0.792. The van der Waals surface area contributed by atoms with Gasteiger partial charge < -0.3 is 5.32 Å². The molecule has 0 saturated carbocycles. The van der Waals surface area contributed by atoms with E-state index < -0.39 is 0 Å². The Labute approximate surface area is 52.5 Å². The van der Waals surface area contributed by atoms with E-state index in [1.807, 2.05) is 0 Å². The van der Waals surface area contributed by atoms with Crippen LogP contribution in [0.5, 0.6) is 0 Å². The lowest BCUT2D eigenvalue weighted by atomic mass is 10.0. The van der Waals surface area contributed by atoms with Gasteiger partial charge in [0.05, 0.1) is 13.1 Å². The average molecular weight is 116 g/mol. The van der Waals surface area contributed by atoms with Crippen LogP contribution >= 0.6 is 0 Å². The van der Waals surface area contributed by atoms with Crippen LogP contribution in [0.15, 0.2) is 0 Å². The van der Waals surface area contributed by atoms with Gasteiger partial charge in [-0.25, -0.2) is 0 Å². The molecule has 0 aliphatic carbocycles. The smallest absolute Gasteiger partial charge is 0.0854 e. The van der Waals surface area contributed by atoms with Gasteiger partial charge in [-0.2, -0.15) is 0 Å². The molecule has 2 atom stereocenters. The molecular weight excluding hydrogens is 98.1 g/mol. The molecule has 0 amide bonds. The van der Waals surface area contributed by atoms with E-state index in [9.17, 15) is 0 Å². The van der Waals surface area contributed by atoms with Gasteiger partial charge in [0.1, 0.15) is 0 Å². The summed E-state index contributed by atoms with van der Waals surface area (Å²) in [5, 5.41) is 2.27. The van der Waals surface area contributed by atoms with Crippen LogP contribution in [0.3, 0.4) is 0 Å². The number of hydrogen-bond donors (Lipinski definition) is 1. The lowest BCUT2D eigenvalue weighted by Crippen LogP contribution is -2.86. The third-order valence-corrected chi connectivity index (χ3v) is 2.07. The molecule has 2 N–H and O–H groups in total. The van der Waals surface area contributed by atoms with Crippen molar-refractivity contribution in [3.63, 3.8) is 0 Å². The maximum absolute atomic E-state index is 2.30. The average Bonchev–Trinajstić information content (AvgIpc) is 1.84. The molecule has 0 saturated heterocycles. The summed E-state index contributed by atoms with van der Waals surface area (Å²) < 4.78 is 0.